The van der Waals surface area contributed by atoms with Gasteiger partial charge < -0.3 is 28.2 Å². The first-order valence-corrected chi connectivity index (χ1v) is 12.8. The number of benzene rings is 1. The fraction of sp³-hybridized carbons (Fsp3) is 0.655. The number of nitrogens with zero attached hydrogens (tertiary/aromatic N) is 1. The van der Waals surface area contributed by atoms with Gasteiger partial charge in [0.25, 0.3) is 0 Å². The Morgan fingerprint density at radius 3 is 1.39 bits per heavy atom. The Morgan fingerprint density at radius 2 is 1.03 bits per heavy atom. The van der Waals surface area contributed by atoms with Gasteiger partial charge in [0.05, 0.1) is 0 Å². The molecule has 0 spiro atoms. The van der Waals surface area contributed by atoms with Gasteiger partial charge in [0, 0.05) is 6.54 Å². The quantitative estimate of drug-likeness (QED) is 0.376. The zero-order valence-corrected chi connectivity index (χ0v) is 22.8. The SMILES string of the molecule is C1CCCC1.C1CCCC1.CC[C-]=C1CCN(Cc2ccccc2)CCC1=[C-]CC.[Zr+4]. The minimum Gasteiger partial charge on any atom is -0.373 e. The van der Waals surface area contributed by atoms with E-state index < -0.39 is 0 Å². The monoisotopic (exact) mass is 497 g/mol. The van der Waals surface area contributed by atoms with Gasteiger partial charge in [-0.2, -0.15) is 0 Å². The van der Waals surface area contributed by atoms with Gasteiger partial charge in [-0.25, -0.2) is 0 Å². The van der Waals surface area contributed by atoms with Crippen molar-refractivity contribution in [1.29, 1.82) is 0 Å². The molecule has 1 aromatic rings. The molecule has 0 radical (unpaired) electrons. The number of hydrogen-bond acceptors (Lipinski definition) is 1. The molecule has 0 N–H and O–H groups in total. The molecule has 1 heterocycles. The Labute approximate surface area is 212 Å². The zero-order chi connectivity index (χ0) is 21.3. The third-order valence-electron chi connectivity index (χ3n) is 6.25. The average Bonchev–Trinajstić information content (AvgIpc) is 3.51. The van der Waals surface area contributed by atoms with Crippen molar-refractivity contribution in [2.75, 3.05) is 13.1 Å². The summed E-state index contributed by atoms with van der Waals surface area (Å²) in [7, 11) is 0. The largest absolute Gasteiger partial charge is 4.00 e. The molecule has 2 heteroatoms. The molecule has 0 unspecified atom stereocenters. The van der Waals surface area contributed by atoms with Gasteiger partial charge in [-0.3, -0.25) is 0 Å². The number of rotatable bonds is 4. The maximum absolute atomic E-state index is 3.53. The van der Waals surface area contributed by atoms with E-state index in [-0.39, 0.29) is 26.2 Å². The first-order valence-electron chi connectivity index (χ1n) is 12.8. The van der Waals surface area contributed by atoms with Crippen LogP contribution >= 0.6 is 0 Å². The molecule has 0 amide bonds. The van der Waals surface area contributed by atoms with Crippen molar-refractivity contribution >= 4 is 0 Å². The van der Waals surface area contributed by atoms with Gasteiger partial charge in [-0.1, -0.05) is 108 Å². The van der Waals surface area contributed by atoms with Crippen molar-refractivity contribution in [3.63, 3.8) is 0 Å². The van der Waals surface area contributed by atoms with Crippen LogP contribution in [0.25, 0.3) is 0 Å². The summed E-state index contributed by atoms with van der Waals surface area (Å²) in [6, 6.07) is 10.8. The number of allylic oxidation sites excluding steroid dienone is 2. The molecule has 2 saturated carbocycles. The van der Waals surface area contributed by atoms with E-state index in [2.05, 4.69) is 61.2 Å². The van der Waals surface area contributed by atoms with Crippen molar-refractivity contribution in [3.05, 3.63) is 59.2 Å². The first kappa shape index (κ1) is 28.6. The first-order chi connectivity index (χ1) is 14.8. The van der Waals surface area contributed by atoms with Crippen LogP contribution < -0.4 is 0 Å². The topological polar surface area (TPSA) is 3.24 Å². The van der Waals surface area contributed by atoms with Gasteiger partial charge in [0.1, 0.15) is 0 Å². The van der Waals surface area contributed by atoms with E-state index in [1.165, 1.54) is 80.9 Å². The second-order valence-electron chi connectivity index (χ2n) is 8.82. The maximum atomic E-state index is 3.53. The Balaban J connectivity index is 0.000000356. The van der Waals surface area contributed by atoms with Crippen molar-refractivity contribution in [2.45, 2.75) is 110 Å². The molecular weight excluding hydrogens is 454 g/mol. The fourth-order valence-corrected chi connectivity index (χ4v) is 4.54. The second kappa shape index (κ2) is 19.1. The molecule has 4 rings (SSSR count). The summed E-state index contributed by atoms with van der Waals surface area (Å²) in [5.41, 5.74) is 4.22. The summed E-state index contributed by atoms with van der Waals surface area (Å²) in [5.74, 6) is 0. The molecular formula is C29H45NZr+2. The average molecular weight is 499 g/mol. The molecule has 168 valence electrons. The third kappa shape index (κ3) is 13.0. The van der Waals surface area contributed by atoms with Crippen LogP contribution in [0.2, 0.25) is 0 Å². The van der Waals surface area contributed by atoms with Crippen molar-refractivity contribution < 1.29 is 26.2 Å². The standard InChI is InChI=1S/C19H25N.2C5H10.Zr/c1-3-8-18-12-14-20(15-13-19(18)9-4-2)16-17-10-6-5-7-11-17;2*1-2-4-5-3-1;/h5-7,10-11H,3-4,12-16H2,1-2H3;2*1-5H2;/q-2;;;+4. The Bertz CT molecular complexity index is 547. The molecule has 31 heavy (non-hydrogen) atoms. The van der Waals surface area contributed by atoms with E-state index in [0.717, 1.165) is 45.3 Å². The predicted molar refractivity (Wildman–Crippen MR) is 131 cm³/mol. The summed E-state index contributed by atoms with van der Waals surface area (Å²) < 4.78 is 0. The normalized spacial score (nSPS) is 21.5. The minimum atomic E-state index is 0. The third-order valence-corrected chi connectivity index (χ3v) is 6.25. The van der Waals surface area contributed by atoms with Gasteiger partial charge in [-0.15, -0.1) is 25.7 Å². The molecule has 1 saturated heterocycles. The van der Waals surface area contributed by atoms with Crippen molar-refractivity contribution in [1.82, 2.24) is 4.90 Å². The van der Waals surface area contributed by atoms with E-state index in [0.29, 0.717) is 0 Å². The number of likely N-dealkylation sites (tertiary alicyclic amines) is 1. The van der Waals surface area contributed by atoms with Crippen molar-refractivity contribution in [3.8, 4) is 0 Å². The van der Waals surface area contributed by atoms with E-state index >= 15 is 0 Å². The molecule has 1 aliphatic heterocycles. The van der Waals surface area contributed by atoms with E-state index in [1.54, 1.807) is 0 Å². The van der Waals surface area contributed by atoms with Crippen LogP contribution in [0.1, 0.15) is 109 Å². The van der Waals surface area contributed by atoms with Crippen LogP contribution in [0.3, 0.4) is 0 Å². The Morgan fingerprint density at radius 1 is 0.645 bits per heavy atom. The summed E-state index contributed by atoms with van der Waals surface area (Å²) in [6.07, 6.45) is 26.3. The van der Waals surface area contributed by atoms with Crippen LogP contribution in [0.15, 0.2) is 41.5 Å². The molecule has 1 aromatic carbocycles. The van der Waals surface area contributed by atoms with E-state index in [9.17, 15) is 0 Å². The second-order valence-corrected chi connectivity index (χ2v) is 8.82. The molecule has 0 bridgehead atoms. The van der Waals surface area contributed by atoms with Crippen LogP contribution in [0.5, 0.6) is 0 Å². The van der Waals surface area contributed by atoms with Crippen LogP contribution in [0.4, 0.5) is 0 Å². The Hall–Kier alpha value is -0.457. The summed E-state index contributed by atoms with van der Waals surface area (Å²) in [6.45, 7) is 7.66. The smallest absolute Gasteiger partial charge is 0.373 e. The van der Waals surface area contributed by atoms with Gasteiger partial charge in [0.2, 0.25) is 0 Å². The Kier molecular flexibility index (Phi) is 17.6. The van der Waals surface area contributed by atoms with Crippen molar-refractivity contribution in [2.24, 2.45) is 0 Å². The zero-order valence-electron chi connectivity index (χ0n) is 20.4. The molecule has 0 atom stereocenters. The molecule has 2 aliphatic carbocycles. The van der Waals surface area contributed by atoms with Gasteiger partial charge >= 0.3 is 26.2 Å². The molecule has 3 fully saturated rings. The summed E-state index contributed by atoms with van der Waals surface area (Å²) in [4.78, 5) is 2.55. The molecule has 0 aromatic heterocycles. The molecule has 3 aliphatic rings. The van der Waals surface area contributed by atoms with Crippen LogP contribution in [0, 0.1) is 12.2 Å². The predicted octanol–water partition coefficient (Wildman–Crippen LogP) is 8.46. The minimum absolute atomic E-state index is 0. The summed E-state index contributed by atoms with van der Waals surface area (Å²) in [5, 5.41) is 0. The summed E-state index contributed by atoms with van der Waals surface area (Å²) >= 11 is 0. The van der Waals surface area contributed by atoms with E-state index in [4.69, 9.17) is 0 Å². The number of hydrogen-bond donors (Lipinski definition) is 0. The van der Waals surface area contributed by atoms with E-state index in [1.807, 2.05) is 0 Å². The van der Waals surface area contributed by atoms with Gasteiger partial charge in [-0.05, 0) is 18.7 Å². The van der Waals surface area contributed by atoms with Crippen LogP contribution in [-0.4, -0.2) is 18.0 Å². The van der Waals surface area contributed by atoms with Gasteiger partial charge in [0.15, 0.2) is 0 Å². The molecule has 1 nitrogen and oxygen atoms in total. The fourth-order valence-electron chi connectivity index (χ4n) is 4.54. The van der Waals surface area contributed by atoms with Crippen LogP contribution in [-0.2, 0) is 32.7 Å². The maximum Gasteiger partial charge on any atom is 4.00 e.